The third kappa shape index (κ3) is 6.03. The maximum Gasteiger partial charge on any atom is 0.220 e. The van der Waals surface area contributed by atoms with Gasteiger partial charge in [-0.25, -0.2) is 0 Å². The van der Waals surface area contributed by atoms with Crippen molar-refractivity contribution in [2.24, 2.45) is 5.73 Å². The summed E-state index contributed by atoms with van der Waals surface area (Å²) in [6, 6.07) is 7.59. The molecule has 6 nitrogen and oxygen atoms in total. The number of amides is 1. The summed E-state index contributed by atoms with van der Waals surface area (Å²) in [6.07, 6.45) is 0.656. The van der Waals surface area contributed by atoms with Crippen LogP contribution in [0.15, 0.2) is 24.3 Å². The molecule has 1 saturated heterocycles. The number of rotatable bonds is 8. The maximum absolute atomic E-state index is 11.9. The van der Waals surface area contributed by atoms with E-state index in [2.05, 4.69) is 16.3 Å². The predicted octanol–water partition coefficient (Wildman–Crippen LogP) is 0.832. The molecular weight excluding hydrogens is 306 g/mol. The monoisotopic (exact) mass is 333 g/mol. The number of carbonyl (C=O) groups is 2. The molecule has 0 saturated carbocycles. The molecule has 2 rings (SSSR count). The van der Waals surface area contributed by atoms with E-state index in [0.717, 1.165) is 38.4 Å². The molecule has 1 aliphatic rings. The van der Waals surface area contributed by atoms with Gasteiger partial charge in [-0.15, -0.1) is 0 Å². The van der Waals surface area contributed by atoms with Gasteiger partial charge in [0.2, 0.25) is 5.91 Å². The van der Waals surface area contributed by atoms with E-state index in [1.54, 1.807) is 0 Å². The quantitative estimate of drug-likeness (QED) is 0.736. The van der Waals surface area contributed by atoms with Crippen LogP contribution in [0.4, 0.5) is 0 Å². The fraction of sp³-hybridized carbons (Fsp3) is 0.556. The van der Waals surface area contributed by atoms with Gasteiger partial charge in [-0.3, -0.25) is 14.5 Å². The Balaban J connectivity index is 1.83. The summed E-state index contributed by atoms with van der Waals surface area (Å²) in [5.74, 6) is -0.161. The third-order valence-electron chi connectivity index (χ3n) is 4.30. The van der Waals surface area contributed by atoms with Crippen LogP contribution >= 0.6 is 0 Å². The van der Waals surface area contributed by atoms with E-state index >= 15 is 0 Å². The largest absolute Gasteiger partial charge is 0.379 e. The van der Waals surface area contributed by atoms with E-state index in [9.17, 15) is 9.59 Å². The summed E-state index contributed by atoms with van der Waals surface area (Å²) in [5.41, 5.74) is 8.00. The number of hydrogen-bond donors (Lipinski definition) is 2. The lowest BCUT2D eigenvalue weighted by molar-refractivity contribution is -0.121. The van der Waals surface area contributed by atoms with Crippen molar-refractivity contribution in [1.82, 2.24) is 10.2 Å². The molecule has 0 bridgehead atoms. The lowest BCUT2D eigenvalue weighted by atomic mass is 10.1. The molecule has 3 N–H and O–H groups in total. The lowest BCUT2D eigenvalue weighted by Gasteiger charge is -2.27. The molecule has 1 fully saturated rings. The first kappa shape index (κ1) is 18.6. The Morgan fingerprint density at radius 1 is 1.25 bits per heavy atom. The second-order valence-corrected chi connectivity index (χ2v) is 6.19. The van der Waals surface area contributed by atoms with E-state index in [0.29, 0.717) is 13.0 Å². The lowest BCUT2D eigenvalue weighted by Crippen LogP contribution is -2.36. The number of benzene rings is 1. The average molecular weight is 333 g/mol. The summed E-state index contributed by atoms with van der Waals surface area (Å²) < 4.78 is 5.38. The summed E-state index contributed by atoms with van der Waals surface area (Å²) in [5, 5.41) is 2.92. The average Bonchev–Trinajstić information content (AvgIpc) is 2.59. The Labute approximate surface area is 143 Å². The van der Waals surface area contributed by atoms with E-state index in [1.807, 2.05) is 18.2 Å². The van der Waals surface area contributed by atoms with Crippen molar-refractivity contribution in [3.05, 3.63) is 35.4 Å². The van der Waals surface area contributed by atoms with Crippen LogP contribution in [0.2, 0.25) is 0 Å². The van der Waals surface area contributed by atoms with E-state index in [-0.39, 0.29) is 18.1 Å². The molecule has 0 unspecified atom stereocenters. The van der Waals surface area contributed by atoms with Crippen molar-refractivity contribution >= 4 is 11.7 Å². The minimum atomic E-state index is -0.552. The Bertz CT molecular complexity index is 556. The van der Waals surface area contributed by atoms with Gasteiger partial charge in [0.1, 0.15) is 5.78 Å². The molecule has 1 amide bonds. The predicted molar refractivity (Wildman–Crippen MR) is 92.3 cm³/mol. The summed E-state index contributed by atoms with van der Waals surface area (Å²) in [6.45, 7) is 6.22. The van der Waals surface area contributed by atoms with Crippen molar-refractivity contribution in [2.75, 3.05) is 26.3 Å². The van der Waals surface area contributed by atoms with Crippen molar-refractivity contribution in [3.8, 4) is 0 Å². The van der Waals surface area contributed by atoms with Crippen LogP contribution in [0.1, 0.15) is 30.9 Å². The van der Waals surface area contributed by atoms with Crippen LogP contribution in [0.25, 0.3) is 0 Å². The number of Topliss-reactive ketones (excluding diaryl/α,β-unsaturated/α-hetero) is 1. The van der Waals surface area contributed by atoms with Crippen LogP contribution in [0.5, 0.6) is 0 Å². The molecule has 132 valence electrons. The van der Waals surface area contributed by atoms with Crippen LogP contribution in [-0.2, 0) is 27.4 Å². The molecule has 6 heteroatoms. The number of nitrogens with two attached hydrogens (primary N) is 1. The topological polar surface area (TPSA) is 84.7 Å². The van der Waals surface area contributed by atoms with Crippen LogP contribution < -0.4 is 11.1 Å². The number of nitrogens with one attached hydrogen (secondary N) is 1. The normalized spacial score (nSPS) is 16.6. The standard InChI is InChI=1S/C18H27N3O3/c1-14(22)17(19)6-7-18(23)20-12-15-4-2-3-5-16(15)13-21-8-10-24-11-9-21/h2-5,17H,6-13,19H2,1H3,(H,20,23)/t17-/m0/s1. The highest BCUT2D eigenvalue weighted by Gasteiger charge is 2.14. The molecule has 1 aliphatic heterocycles. The van der Waals surface area contributed by atoms with Gasteiger partial charge in [-0.1, -0.05) is 24.3 Å². The zero-order valence-corrected chi connectivity index (χ0v) is 14.3. The van der Waals surface area contributed by atoms with Crippen molar-refractivity contribution in [3.63, 3.8) is 0 Å². The first-order valence-electron chi connectivity index (χ1n) is 8.46. The zero-order chi connectivity index (χ0) is 17.4. The van der Waals surface area contributed by atoms with Gasteiger partial charge < -0.3 is 15.8 Å². The Kier molecular flexibility index (Phi) is 7.36. The highest BCUT2D eigenvalue weighted by Crippen LogP contribution is 2.13. The van der Waals surface area contributed by atoms with Crippen LogP contribution in [-0.4, -0.2) is 48.9 Å². The molecular formula is C18H27N3O3. The number of carbonyl (C=O) groups excluding carboxylic acids is 2. The Morgan fingerprint density at radius 3 is 2.58 bits per heavy atom. The zero-order valence-electron chi connectivity index (χ0n) is 14.3. The molecule has 24 heavy (non-hydrogen) atoms. The Hall–Kier alpha value is -1.76. The molecule has 1 atom stereocenters. The highest BCUT2D eigenvalue weighted by molar-refractivity contribution is 5.82. The summed E-state index contributed by atoms with van der Waals surface area (Å²) in [7, 11) is 0. The number of ketones is 1. The van der Waals surface area contributed by atoms with E-state index in [4.69, 9.17) is 10.5 Å². The van der Waals surface area contributed by atoms with Crippen molar-refractivity contribution in [2.45, 2.75) is 38.9 Å². The maximum atomic E-state index is 11.9. The fourth-order valence-corrected chi connectivity index (χ4v) is 2.66. The third-order valence-corrected chi connectivity index (χ3v) is 4.30. The molecule has 0 spiro atoms. The molecule has 1 aromatic rings. The molecule has 0 aromatic heterocycles. The van der Waals surface area contributed by atoms with Gasteiger partial charge in [0.15, 0.2) is 0 Å². The van der Waals surface area contributed by atoms with Gasteiger partial charge in [0, 0.05) is 32.6 Å². The van der Waals surface area contributed by atoms with Gasteiger partial charge in [0.05, 0.1) is 19.3 Å². The van der Waals surface area contributed by atoms with Crippen molar-refractivity contribution in [1.29, 1.82) is 0 Å². The van der Waals surface area contributed by atoms with E-state index in [1.165, 1.54) is 12.5 Å². The molecule has 1 heterocycles. The molecule has 1 aromatic carbocycles. The van der Waals surface area contributed by atoms with Crippen LogP contribution in [0, 0.1) is 0 Å². The molecule has 0 radical (unpaired) electrons. The highest BCUT2D eigenvalue weighted by atomic mass is 16.5. The first-order chi connectivity index (χ1) is 11.6. The van der Waals surface area contributed by atoms with Gasteiger partial charge in [-0.2, -0.15) is 0 Å². The van der Waals surface area contributed by atoms with E-state index < -0.39 is 6.04 Å². The second-order valence-electron chi connectivity index (χ2n) is 6.19. The Morgan fingerprint density at radius 2 is 1.92 bits per heavy atom. The second kappa shape index (κ2) is 9.52. The smallest absolute Gasteiger partial charge is 0.220 e. The van der Waals surface area contributed by atoms with Gasteiger partial charge in [-0.05, 0) is 24.5 Å². The van der Waals surface area contributed by atoms with Gasteiger partial charge >= 0.3 is 0 Å². The summed E-state index contributed by atoms with van der Waals surface area (Å²) in [4.78, 5) is 25.4. The number of morpholine rings is 1. The number of ether oxygens (including phenoxy) is 1. The first-order valence-corrected chi connectivity index (χ1v) is 8.46. The van der Waals surface area contributed by atoms with Gasteiger partial charge in [0.25, 0.3) is 0 Å². The number of hydrogen-bond acceptors (Lipinski definition) is 5. The van der Waals surface area contributed by atoms with Crippen LogP contribution in [0.3, 0.4) is 0 Å². The summed E-state index contributed by atoms with van der Waals surface area (Å²) >= 11 is 0. The SMILES string of the molecule is CC(=O)[C@@H](N)CCC(=O)NCc1ccccc1CN1CCOCC1. The minimum absolute atomic E-state index is 0.0760. The number of nitrogens with zero attached hydrogens (tertiary/aromatic N) is 1. The van der Waals surface area contributed by atoms with Crippen molar-refractivity contribution < 1.29 is 14.3 Å². The molecule has 0 aliphatic carbocycles. The fourth-order valence-electron chi connectivity index (χ4n) is 2.66. The minimum Gasteiger partial charge on any atom is -0.379 e.